The first-order valence-corrected chi connectivity index (χ1v) is 12.2. The van der Waals surface area contributed by atoms with Crippen LogP contribution in [-0.4, -0.2) is 51.0 Å². The van der Waals surface area contributed by atoms with Crippen LogP contribution in [0.1, 0.15) is 69.9 Å². The van der Waals surface area contributed by atoms with Crippen molar-refractivity contribution in [2.45, 2.75) is 78.9 Å². The van der Waals surface area contributed by atoms with Gasteiger partial charge in [-0.15, -0.1) is 0 Å². The van der Waals surface area contributed by atoms with Gasteiger partial charge in [-0.25, -0.2) is 19.6 Å². The third kappa shape index (κ3) is 5.97. The summed E-state index contributed by atoms with van der Waals surface area (Å²) < 4.78 is 35.8. The molecule has 0 radical (unpaired) electrons. The van der Waals surface area contributed by atoms with Crippen LogP contribution in [-0.2, 0) is 24.4 Å². The molecule has 2 unspecified atom stereocenters. The maximum atomic E-state index is 14.2. The van der Waals surface area contributed by atoms with Gasteiger partial charge < -0.3 is 20.9 Å². The number of nitrogens with zero attached hydrogens (tertiary/aromatic N) is 5. The number of ether oxygens (including phenoxy) is 1. The number of hydrazine groups is 1. The van der Waals surface area contributed by atoms with E-state index in [1.54, 1.807) is 7.05 Å². The van der Waals surface area contributed by atoms with E-state index in [2.05, 4.69) is 14.6 Å². The van der Waals surface area contributed by atoms with Crippen LogP contribution >= 0.6 is 0 Å². The predicted molar refractivity (Wildman–Crippen MR) is 134 cm³/mol. The molecular weight excluding hydrogens is 454 g/mol. The maximum absolute atomic E-state index is 14.2. The fourth-order valence-corrected chi connectivity index (χ4v) is 4.51. The zero-order valence-corrected chi connectivity index (χ0v) is 21.6. The summed E-state index contributed by atoms with van der Waals surface area (Å²) in [5.74, 6) is 11.4. The minimum atomic E-state index is -0.672. The first kappa shape index (κ1) is 28.6. The molecule has 4 rings (SSSR count). The van der Waals surface area contributed by atoms with Gasteiger partial charge in [-0.2, -0.15) is 5.10 Å². The van der Waals surface area contributed by atoms with Crippen LogP contribution in [0.5, 0.6) is 0 Å². The highest BCUT2D eigenvalue weighted by Gasteiger charge is 2.38. The molecule has 0 aliphatic carbocycles. The smallest absolute Gasteiger partial charge is 0.205 e. The highest BCUT2D eigenvalue weighted by Crippen LogP contribution is 2.34. The van der Waals surface area contributed by atoms with Crippen LogP contribution in [0.15, 0.2) is 23.3 Å². The van der Waals surface area contributed by atoms with Crippen LogP contribution in [0.3, 0.4) is 0 Å². The topological polar surface area (TPSA) is 124 Å². The molecule has 0 amide bonds. The summed E-state index contributed by atoms with van der Waals surface area (Å²) >= 11 is 0. The van der Waals surface area contributed by atoms with E-state index in [9.17, 15) is 8.78 Å². The molecule has 6 N–H and O–H groups in total. The molecule has 2 aliphatic heterocycles. The summed E-state index contributed by atoms with van der Waals surface area (Å²) in [4.78, 5) is 6.97. The molecule has 9 nitrogen and oxygen atoms in total. The van der Waals surface area contributed by atoms with Crippen molar-refractivity contribution in [2.75, 3.05) is 13.7 Å². The summed E-state index contributed by atoms with van der Waals surface area (Å²) in [6.45, 7) is 12.4. The van der Waals surface area contributed by atoms with Gasteiger partial charge in [0.2, 0.25) is 5.84 Å². The molecule has 2 aromatic rings. The van der Waals surface area contributed by atoms with Crippen LogP contribution in [0, 0.1) is 11.6 Å². The van der Waals surface area contributed by atoms with E-state index in [0.717, 1.165) is 29.6 Å². The van der Waals surface area contributed by atoms with Gasteiger partial charge in [-0.3, -0.25) is 9.91 Å². The summed E-state index contributed by atoms with van der Waals surface area (Å²) in [5, 5.41) is 5.12. The maximum Gasteiger partial charge on any atom is 0.205 e. The molecule has 1 fully saturated rings. The largest absolute Gasteiger partial charge is 0.370 e. The van der Waals surface area contributed by atoms with Gasteiger partial charge in [-0.05, 0) is 31.5 Å². The number of halogens is 2. The molecule has 1 aromatic carbocycles. The standard InChI is InChI=1S/C20H28F2N8O.2C2H6/c1-3-30-17-9-29(8-16(17)26-19(30)20(27-24)28(2)25)12-7-15(23)18(31-10-12)13-6-11(21)4-5-14(13)22;2*1-2/h4-6,12,15,18H,3,7-10,23-25H2,1-2H3;2*1-2H3/b27-20-;;/t12?,15?,18-;;/m1../s1. The Labute approximate surface area is 206 Å². The molecule has 196 valence electrons. The lowest BCUT2D eigenvalue weighted by molar-refractivity contribution is -0.0535. The fourth-order valence-electron chi connectivity index (χ4n) is 4.51. The number of aromatic nitrogens is 2. The number of amidine groups is 1. The van der Waals surface area contributed by atoms with Crippen LogP contribution < -0.4 is 17.4 Å². The number of hydrogen-bond donors (Lipinski definition) is 3. The number of fused-ring (bicyclic) bond motifs is 1. The van der Waals surface area contributed by atoms with Gasteiger partial charge in [0.15, 0.2) is 5.82 Å². The van der Waals surface area contributed by atoms with E-state index in [-0.39, 0.29) is 11.6 Å². The van der Waals surface area contributed by atoms with Crippen molar-refractivity contribution in [1.82, 2.24) is 19.5 Å². The Hall–Kier alpha value is -2.60. The molecule has 0 saturated carbocycles. The summed E-state index contributed by atoms with van der Waals surface area (Å²) in [5.41, 5.74) is 8.51. The lowest BCUT2D eigenvalue weighted by atomic mass is 9.93. The monoisotopic (exact) mass is 494 g/mol. The van der Waals surface area contributed by atoms with Gasteiger partial charge in [0.05, 0.1) is 18.0 Å². The third-order valence-corrected chi connectivity index (χ3v) is 6.02. The molecular formula is C24H40F2N8O. The second kappa shape index (κ2) is 12.9. The highest BCUT2D eigenvalue weighted by molar-refractivity contribution is 5.95. The summed E-state index contributed by atoms with van der Waals surface area (Å²) in [7, 11) is 1.66. The lowest BCUT2D eigenvalue weighted by Gasteiger charge is -2.38. The Morgan fingerprint density at radius 2 is 1.91 bits per heavy atom. The van der Waals surface area contributed by atoms with E-state index in [1.165, 1.54) is 5.01 Å². The van der Waals surface area contributed by atoms with Crippen LogP contribution in [0.4, 0.5) is 8.78 Å². The Morgan fingerprint density at radius 3 is 2.49 bits per heavy atom. The number of hydrazone groups is 1. The molecule has 2 aliphatic rings. The second-order valence-corrected chi connectivity index (χ2v) is 8.01. The Balaban J connectivity index is 0.00000103. The van der Waals surface area contributed by atoms with Crippen molar-refractivity contribution in [1.29, 1.82) is 0 Å². The second-order valence-electron chi connectivity index (χ2n) is 8.01. The molecule has 3 heterocycles. The zero-order valence-electron chi connectivity index (χ0n) is 21.6. The Bertz CT molecular complexity index is 994. The minimum Gasteiger partial charge on any atom is -0.370 e. The lowest BCUT2D eigenvalue weighted by Crippen LogP contribution is -2.48. The van der Waals surface area contributed by atoms with E-state index >= 15 is 0 Å². The molecule has 0 bridgehead atoms. The highest BCUT2D eigenvalue weighted by atomic mass is 19.1. The van der Waals surface area contributed by atoms with E-state index in [0.29, 0.717) is 44.3 Å². The van der Waals surface area contributed by atoms with Crippen molar-refractivity contribution in [2.24, 2.45) is 22.5 Å². The van der Waals surface area contributed by atoms with Gasteiger partial charge in [0.25, 0.3) is 0 Å². The molecule has 3 atom stereocenters. The average molecular weight is 495 g/mol. The van der Waals surface area contributed by atoms with Gasteiger partial charge >= 0.3 is 0 Å². The van der Waals surface area contributed by atoms with Crippen molar-refractivity contribution in [3.05, 3.63) is 52.6 Å². The summed E-state index contributed by atoms with van der Waals surface area (Å²) in [6, 6.07) is 2.95. The first-order chi connectivity index (χ1) is 16.8. The molecule has 11 heteroatoms. The SMILES string of the molecule is CC.CC.CCn1c(/C(=N/N)N(C)N)nc2c1CN(C1CO[C@H](c3cc(F)ccc3F)C(N)C1)C2. The number of rotatable bonds is 4. The van der Waals surface area contributed by atoms with Gasteiger partial charge in [-0.1, -0.05) is 27.7 Å². The normalized spacial score (nSPS) is 22.0. The van der Waals surface area contributed by atoms with Crippen molar-refractivity contribution in [3.63, 3.8) is 0 Å². The molecule has 1 saturated heterocycles. The molecule has 35 heavy (non-hydrogen) atoms. The third-order valence-electron chi connectivity index (χ3n) is 6.02. The number of hydrogen-bond acceptors (Lipinski definition) is 7. The minimum absolute atomic E-state index is 0.0469. The van der Waals surface area contributed by atoms with Crippen molar-refractivity contribution < 1.29 is 13.5 Å². The van der Waals surface area contributed by atoms with Gasteiger partial charge in [0.1, 0.15) is 17.7 Å². The number of nitrogens with two attached hydrogens (primary N) is 3. The van der Waals surface area contributed by atoms with E-state index in [4.69, 9.17) is 27.1 Å². The Morgan fingerprint density at radius 1 is 1.23 bits per heavy atom. The van der Waals surface area contributed by atoms with Gasteiger partial charge in [0, 0.05) is 44.3 Å². The first-order valence-electron chi connectivity index (χ1n) is 12.2. The quantitative estimate of drug-likeness (QED) is 0.258. The Kier molecular flexibility index (Phi) is 10.6. The fraction of sp³-hybridized carbons (Fsp3) is 0.583. The van der Waals surface area contributed by atoms with E-state index in [1.807, 2.05) is 34.6 Å². The van der Waals surface area contributed by atoms with Crippen LogP contribution in [0.2, 0.25) is 0 Å². The van der Waals surface area contributed by atoms with Crippen molar-refractivity contribution >= 4 is 5.84 Å². The summed E-state index contributed by atoms with van der Waals surface area (Å²) in [6.07, 6.45) is -0.0696. The molecule has 0 spiro atoms. The predicted octanol–water partition coefficient (Wildman–Crippen LogP) is 2.83. The average Bonchev–Trinajstić information content (AvgIpc) is 3.41. The number of imidazole rings is 1. The van der Waals surface area contributed by atoms with E-state index < -0.39 is 23.8 Å². The number of benzene rings is 1. The zero-order chi connectivity index (χ0) is 26.3. The molecule has 1 aromatic heterocycles. The van der Waals surface area contributed by atoms with Crippen LogP contribution in [0.25, 0.3) is 0 Å². The van der Waals surface area contributed by atoms with Crippen molar-refractivity contribution in [3.8, 4) is 0 Å².